The van der Waals surface area contributed by atoms with E-state index in [0.29, 0.717) is 36.1 Å². The molecule has 22 heavy (non-hydrogen) atoms. The molecular formula is C16H17ClN2O3. The third-order valence-electron chi connectivity index (χ3n) is 4.18. The van der Waals surface area contributed by atoms with Crippen molar-refractivity contribution in [2.75, 3.05) is 0 Å². The maximum Gasteiger partial charge on any atom is 0.306 e. The molecule has 0 saturated heterocycles. The van der Waals surface area contributed by atoms with E-state index in [4.69, 9.17) is 21.1 Å². The lowest BCUT2D eigenvalue weighted by Crippen LogP contribution is -2.20. The Hall–Kier alpha value is -1.88. The van der Waals surface area contributed by atoms with Gasteiger partial charge in [0.05, 0.1) is 12.3 Å². The van der Waals surface area contributed by atoms with Crippen molar-refractivity contribution < 1.29 is 14.3 Å². The summed E-state index contributed by atoms with van der Waals surface area (Å²) in [6.45, 7) is 0. The van der Waals surface area contributed by atoms with Crippen LogP contribution < -0.4 is 0 Å². The molecule has 6 heteroatoms. The number of carboxylic acid groups (broad SMARTS) is 1. The Morgan fingerprint density at radius 3 is 2.50 bits per heavy atom. The van der Waals surface area contributed by atoms with Crippen LogP contribution in [0.4, 0.5) is 0 Å². The molecule has 0 aliphatic heterocycles. The Labute approximate surface area is 133 Å². The molecule has 1 N–H and O–H groups in total. The smallest absolute Gasteiger partial charge is 0.306 e. The molecule has 1 fully saturated rings. The van der Waals surface area contributed by atoms with Crippen molar-refractivity contribution in [3.05, 3.63) is 46.6 Å². The lowest BCUT2D eigenvalue weighted by atomic mass is 9.82. The van der Waals surface area contributed by atoms with E-state index in [1.807, 2.05) is 24.3 Å². The second kappa shape index (κ2) is 6.48. The fourth-order valence-corrected chi connectivity index (χ4v) is 2.99. The summed E-state index contributed by atoms with van der Waals surface area (Å²) in [5, 5.41) is 18.0. The number of aromatic nitrogens is 2. The van der Waals surface area contributed by atoms with Gasteiger partial charge in [-0.2, -0.15) is 0 Å². The van der Waals surface area contributed by atoms with E-state index in [0.717, 1.165) is 18.4 Å². The largest absolute Gasteiger partial charge is 0.481 e. The number of halogens is 1. The first kappa shape index (κ1) is 15.0. The highest BCUT2D eigenvalue weighted by atomic mass is 35.5. The summed E-state index contributed by atoms with van der Waals surface area (Å²) in [6, 6.07) is 7.54. The van der Waals surface area contributed by atoms with Gasteiger partial charge in [0.25, 0.3) is 0 Å². The molecule has 1 aliphatic rings. The summed E-state index contributed by atoms with van der Waals surface area (Å²) in [4.78, 5) is 11.0. The number of nitrogens with zero attached hydrogens (tertiary/aromatic N) is 2. The molecule has 3 rings (SSSR count). The van der Waals surface area contributed by atoms with E-state index >= 15 is 0 Å². The number of hydrogen-bond donors (Lipinski definition) is 1. The van der Waals surface area contributed by atoms with Crippen molar-refractivity contribution in [3.63, 3.8) is 0 Å². The van der Waals surface area contributed by atoms with Crippen LogP contribution in [0, 0.1) is 5.92 Å². The van der Waals surface area contributed by atoms with Gasteiger partial charge in [0.1, 0.15) is 0 Å². The summed E-state index contributed by atoms with van der Waals surface area (Å²) in [7, 11) is 0. The number of rotatable bonds is 4. The Kier molecular flexibility index (Phi) is 4.43. The van der Waals surface area contributed by atoms with Crippen molar-refractivity contribution in [1.82, 2.24) is 10.2 Å². The maximum absolute atomic E-state index is 11.0. The third kappa shape index (κ3) is 3.47. The monoisotopic (exact) mass is 320 g/mol. The van der Waals surface area contributed by atoms with Crippen LogP contribution in [0.1, 0.15) is 48.9 Å². The van der Waals surface area contributed by atoms with Crippen LogP contribution in [0.25, 0.3) is 0 Å². The Morgan fingerprint density at radius 1 is 1.18 bits per heavy atom. The van der Waals surface area contributed by atoms with Crippen LogP contribution >= 0.6 is 11.6 Å². The zero-order valence-electron chi connectivity index (χ0n) is 12.0. The molecule has 5 nitrogen and oxygen atoms in total. The number of hydrogen-bond acceptors (Lipinski definition) is 4. The van der Waals surface area contributed by atoms with Gasteiger partial charge in [-0.25, -0.2) is 0 Å². The summed E-state index contributed by atoms with van der Waals surface area (Å²) in [6.07, 6.45) is 3.51. The van der Waals surface area contributed by atoms with Gasteiger partial charge in [-0.05, 0) is 43.4 Å². The predicted molar refractivity (Wildman–Crippen MR) is 80.9 cm³/mol. The molecule has 0 bridgehead atoms. The standard InChI is InChI=1S/C16H17ClN2O3/c17-13-7-1-10(2-8-13)9-14-18-19-15(22-14)11-3-5-12(6-4-11)16(20)21/h1-2,7-8,11-12H,3-6,9H2,(H,20,21). The van der Waals surface area contributed by atoms with E-state index in [1.165, 1.54) is 0 Å². The van der Waals surface area contributed by atoms with Gasteiger partial charge in [0.15, 0.2) is 0 Å². The lowest BCUT2D eigenvalue weighted by Gasteiger charge is -2.23. The van der Waals surface area contributed by atoms with Crippen LogP contribution in [-0.2, 0) is 11.2 Å². The van der Waals surface area contributed by atoms with Crippen LogP contribution in [0.3, 0.4) is 0 Å². The Morgan fingerprint density at radius 2 is 1.86 bits per heavy atom. The second-order valence-electron chi connectivity index (χ2n) is 5.72. The van der Waals surface area contributed by atoms with E-state index in [2.05, 4.69) is 10.2 Å². The number of carboxylic acids is 1. The van der Waals surface area contributed by atoms with Gasteiger partial charge >= 0.3 is 5.97 Å². The average molecular weight is 321 g/mol. The van der Waals surface area contributed by atoms with Crippen LogP contribution in [0.2, 0.25) is 5.02 Å². The quantitative estimate of drug-likeness (QED) is 0.930. The molecule has 0 atom stereocenters. The third-order valence-corrected chi connectivity index (χ3v) is 4.43. The summed E-state index contributed by atoms with van der Waals surface area (Å²) >= 11 is 5.86. The first-order valence-electron chi connectivity index (χ1n) is 7.41. The first-order valence-corrected chi connectivity index (χ1v) is 7.79. The van der Waals surface area contributed by atoms with Crippen molar-refractivity contribution in [2.45, 2.75) is 38.0 Å². The zero-order valence-corrected chi connectivity index (χ0v) is 12.8. The van der Waals surface area contributed by atoms with Crippen molar-refractivity contribution in [3.8, 4) is 0 Å². The van der Waals surface area contributed by atoms with Gasteiger partial charge in [-0.1, -0.05) is 23.7 Å². The molecular weight excluding hydrogens is 304 g/mol. The molecule has 1 aromatic heterocycles. The molecule has 0 amide bonds. The van der Waals surface area contributed by atoms with Crippen LogP contribution in [-0.4, -0.2) is 21.3 Å². The second-order valence-corrected chi connectivity index (χ2v) is 6.16. The number of aliphatic carboxylic acids is 1. The minimum absolute atomic E-state index is 0.182. The van der Waals surface area contributed by atoms with Crippen molar-refractivity contribution in [1.29, 1.82) is 0 Å². The molecule has 0 radical (unpaired) electrons. The van der Waals surface area contributed by atoms with Gasteiger partial charge in [0.2, 0.25) is 11.8 Å². The molecule has 1 heterocycles. The Balaban J connectivity index is 1.62. The molecule has 1 aliphatic carbocycles. The van der Waals surface area contributed by atoms with Gasteiger partial charge in [-0.15, -0.1) is 10.2 Å². The van der Waals surface area contributed by atoms with Crippen molar-refractivity contribution >= 4 is 17.6 Å². The normalized spacial score (nSPS) is 21.7. The average Bonchev–Trinajstić information content (AvgIpc) is 2.98. The fraction of sp³-hybridized carbons (Fsp3) is 0.438. The maximum atomic E-state index is 11.0. The molecule has 0 unspecified atom stereocenters. The zero-order chi connectivity index (χ0) is 15.5. The molecule has 1 aromatic carbocycles. The van der Waals surface area contributed by atoms with Gasteiger partial charge in [-0.3, -0.25) is 4.79 Å². The van der Waals surface area contributed by atoms with Gasteiger partial charge < -0.3 is 9.52 Å². The molecule has 2 aromatic rings. The minimum Gasteiger partial charge on any atom is -0.481 e. The summed E-state index contributed by atoms with van der Waals surface area (Å²) in [5.74, 6) is 0.465. The summed E-state index contributed by atoms with van der Waals surface area (Å²) < 4.78 is 5.75. The number of benzene rings is 1. The van der Waals surface area contributed by atoms with E-state index in [9.17, 15) is 4.79 Å². The molecule has 116 valence electrons. The molecule has 0 spiro atoms. The highest BCUT2D eigenvalue weighted by Crippen LogP contribution is 2.35. The van der Waals surface area contributed by atoms with Crippen molar-refractivity contribution in [2.24, 2.45) is 5.92 Å². The summed E-state index contributed by atoms with van der Waals surface area (Å²) in [5.41, 5.74) is 1.06. The highest BCUT2D eigenvalue weighted by Gasteiger charge is 2.29. The van der Waals surface area contributed by atoms with Crippen LogP contribution in [0.5, 0.6) is 0 Å². The van der Waals surface area contributed by atoms with Gasteiger partial charge in [0, 0.05) is 10.9 Å². The highest BCUT2D eigenvalue weighted by molar-refractivity contribution is 6.30. The molecule has 1 saturated carbocycles. The SMILES string of the molecule is O=C(O)C1CCC(c2nnc(Cc3ccc(Cl)cc3)o2)CC1. The van der Waals surface area contributed by atoms with E-state index < -0.39 is 5.97 Å². The van der Waals surface area contributed by atoms with E-state index in [-0.39, 0.29) is 11.8 Å². The fourth-order valence-electron chi connectivity index (χ4n) is 2.87. The van der Waals surface area contributed by atoms with Crippen LogP contribution in [0.15, 0.2) is 28.7 Å². The van der Waals surface area contributed by atoms with E-state index in [1.54, 1.807) is 0 Å². The number of carbonyl (C=O) groups is 1. The Bertz CT molecular complexity index is 646. The predicted octanol–water partition coefficient (Wildman–Crippen LogP) is 3.67. The minimum atomic E-state index is -0.701. The lowest BCUT2D eigenvalue weighted by molar-refractivity contribution is -0.142. The topological polar surface area (TPSA) is 76.2 Å². The first-order chi connectivity index (χ1) is 10.6.